The van der Waals surface area contributed by atoms with Gasteiger partial charge in [0.15, 0.2) is 0 Å². The summed E-state index contributed by atoms with van der Waals surface area (Å²) >= 11 is 0. The summed E-state index contributed by atoms with van der Waals surface area (Å²) in [6.07, 6.45) is 5.43. The van der Waals surface area contributed by atoms with Gasteiger partial charge in [-0.3, -0.25) is 0 Å². The average molecular weight is 242 g/mol. The molecule has 0 spiro atoms. The van der Waals surface area contributed by atoms with Gasteiger partial charge in [-0.15, -0.1) is 6.58 Å². The quantitative estimate of drug-likeness (QED) is 0.772. The first-order valence-electron chi connectivity index (χ1n) is 6.63. The van der Waals surface area contributed by atoms with Gasteiger partial charge in [0.2, 0.25) is 0 Å². The van der Waals surface area contributed by atoms with Crippen molar-refractivity contribution >= 4 is 10.9 Å². The Labute approximate surface area is 109 Å². The van der Waals surface area contributed by atoms with E-state index < -0.39 is 0 Å². The highest BCUT2D eigenvalue weighted by Crippen LogP contribution is 2.23. The molecule has 0 saturated carbocycles. The second-order valence-electron chi connectivity index (χ2n) is 4.96. The lowest BCUT2D eigenvalue weighted by Crippen LogP contribution is -2.00. The van der Waals surface area contributed by atoms with E-state index in [-0.39, 0.29) is 0 Å². The van der Waals surface area contributed by atoms with Gasteiger partial charge in [0.25, 0.3) is 0 Å². The molecule has 0 radical (unpaired) electrons. The van der Waals surface area contributed by atoms with E-state index in [9.17, 15) is 0 Å². The Bertz CT molecular complexity index is 537. The highest BCUT2D eigenvalue weighted by atomic mass is 15.0. The molecule has 0 aliphatic carbocycles. The Morgan fingerprint density at radius 1 is 1.33 bits per heavy atom. The summed E-state index contributed by atoms with van der Waals surface area (Å²) in [5.74, 6) is 0. The molecule has 0 atom stereocenters. The molecule has 18 heavy (non-hydrogen) atoms. The number of fused-ring (bicyclic) bond motifs is 1. The van der Waals surface area contributed by atoms with Crippen LogP contribution in [0.5, 0.6) is 0 Å². The smallest absolute Gasteiger partial charge is 0.0483 e. The van der Waals surface area contributed by atoms with E-state index in [1.807, 2.05) is 0 Å². The predicted octanol–water partition coefficient (Wildman–Crippen LogP) is 3.50. The Hall–Kier alpha value is -1.54. The van der Waals surface area contributed by atoms with Crippen LogP contribution in [0, 0.1) is 0 Å². The van der Waals surface area contributed by atoms with Crippen molar-refractivity contribution in [3.63, 3.8) is 0 Å². The number of aromatic nitrogens is 1. The number of hydrogen-bond acceptors (Lipinski definition) is 1. The average Bonchev–Trinajstić information content (AvgIpc) is 2.72. The fraction of sp³-hybridized carbons (Fsp3) is 0.375. The van der Waals surface area contributed by atoms with Crippen LogP contribution in [-0.2, 0) is 13.0 Å². The van der Waals surface area contributed by atoms with Gasteiger partial charge in [-0.1, -0.05) is 23.8 Å². The summed E-state index contributed by atoms with van der Waals surface area (Å²) in [5.41, 5.74) is 9.58. The molecule has 96 valence electrons. The predicted molar refractivity (Wildman–Crippen MR) is 78.7 cm³/mol. The molecular weight excluding hydrogens is 220 g/mol. The summed E-state index contributed by atoms with van der Waals surface area (Å²) in [4.78, 5) is 0. The molecule has 0 bridgehead atoms. The van der Waals surface area contributed by atoms with Gasteiger partial charge in [-0.05, 0) is 44.4 Å². The van der Waals surface area contributed by atoms with Gasteiger partial charge in [-0.2, -0.15) is 0 Å². The van der Waals surface area contributed by atoms with Crippen molar-refractivity contribution in [3.05, 3.63) is 48.2 Å². The van der Waals surface area contributed by atoms with Gasteiger partial charge in [0.1, 0.15) is 0 Å². The first kappa shape index (κ1) is 12.9. The molecule has 0 aliphatic rings. The Balaban J connectivity index is 2.31. The Kier molecular flexibility index (Phi) is 4.21. The molecule has 1 aromatic carbocycles. The molecule has 2 heteroatoms. The lowest BCUT2D eigenvalue weighted by Gasteiger charge is -2.04. The minimum absolute atomic E-state index is 0.755. The van der Waals surface area contributed by atoms with Crippen LogP contribution in [0.25, 0.3) is 10.9 Å². The largest absolute Gasteiger partial charge is 0.347 e. The number of benzene rings is 1. The molecular formula is C16H22N2. The number of nitrogens with zero attached hydrogens (tertiary/aromatic N) is 1. The van der Waals surface area contributed by atoms with Gasteiger partial charge < -0.3 is 10.3 Å². The van der Waals surface area contributed by atoms with E-state index >= 15 is 0 Å². The van der Waals surface area contributed by atoms with Crippen molar-refractivity contribution in [2.75, 3.05) is 6.54 Å². The zero-order valence-electron chi connectivity index (χ0n) is 11.2. The van der Waals surface area contributed by atoms with Crippen molar-refractivity contribution in [3.8, 4) is 0 Å². The van der Waals surface area contributed by atoms with Crippen molar-refractivity contribution in [2.24, 2.45) is 5.73 Å². The van der Waals surface area contributed by atoms with Crippen LogP contribution in [0.15, 0.2) is 42.6 Å². The molecule has 1 heterocycles. The molecule has 2 rings (SSSR count). The number of nitrogens with two attached hydrogens (primary N) is 1. The normalized spacial score (nSPS) is 11.0. The zero-order chi connectivity index (χ0) is 13.0. The van der Waals surface area contributed by atoms with Gasteiger partial charge in [0.05, 0.1) is 0 Å². The van der Waals surface area contributed by atoms with Crippen LogP contribution in [0.1, 0.15) is 25.3 Å². The second kappa shape index (κ2) is 5.87. The minimum Gasteiger partial charge on any atom is -0.347 e. The minimum atomic E-state index is 0.755. The summed E-state index contributed by atoms with van der Waals surface area (Å²) < 4.78 is 2.34. The SMILES string of the molecule is C=C(C)CCn1cc(CCCN)c2ccccc21. The van der Waals surface area contributed by atoms with Crippen LogP contribution >= 0.6 is 0 Å². The third-order valence-electron chi connectivity index (χ3n) is 3.30. The standard InChI is InChI=1S/C16H22N2/c1-13(2)9-11-18-12-14(6-5-10-17)15-7-3-4-8-16(15)18/h3-4,7-8,12H,1,5-6,9-11,17H2,2H3. The van der Waals surface area contributed by atoms with Crippen molar-refractivity contribution in [1.29, 1.82) is 0 Å². The number of allylic oxidation sites excluding steroid dienone is 1. The maximum absolute atomic E-state index is 5.61. The van der Waals surface area contributed by atoms with Crippen LogP contribution < -0.4 is 5.73 Å². The third-order valence-corrected chi connectivity index (χ3v) is 3.30. The van der Waals surface area contributed by atoms with Crippen molar-refractivity contribution < 1.29 is 0 Å². The first-order valence-corrected chi connectivity index (χ1v) is 6.63. The van der Waals surface area contributed by atoms with Crippen LogP contribution in [-0.4, -0.2) is 11.1 Å². The molecule has 0 fully saturated rings. The maximum atomic E-state index is 5.61. The van der Waals surface area contributed by atoms with E-state index in [4.69, 9.17) is 5.73 Å². The van der Waals surface area contributed by atoms with Gasteiger partial charge in [0, 0.05) is 23.6 Å². The number of aryl methyl sites for hydroxylation is 2. The van der Waals surface area contributed by atoms with E-state index in [0.717, 1.165) is 32.4 Å². The lowest BCUT2D eigenvalue weighted by molar-refractivity contribution is 0.713. The molecule has 2 N–H and O–H groups in total. The van der Waals surface area contributed by atoms with Crippen LogP contribution in [0.3, 0.4) is 0 Å². The lowest BCUT2D eigenvalue weighted by atomic mass is 10.1. The molecule has 0 saturated heterocycles. The number of hydrogen-bond donors (Lipinski definition) is 1. The summed E-state index contributed by atoms with van der Waals surface area (Å²) in [5, 5.41) is 1.37. The summed E-state index contributed by atoms with van der Waals surface area (Å²) in [6, 6.07) is 8.61. The molecule has 2 aromatic rings. The zero-order valence-corrected chi connectivity index (χ0v) is 11.2. The maximum Gasteiger partial charge on any atom is 0.0483 e. The summed E-state index contributed by atoms with van der Waals surface area (Å²) in [6.45, 7) is 7.83. The molecule has 0 unspecified atom stereocenters. The van der Waals surface area contributed by atoms with E-state index in [0.29, 0.717) is 0 Å². The Morgan fingerprint density at radius 3 is 2.83 bits per heavy atom. The highest BCUT2D eigenvalue weighted by molar-refractivity contribution is 5.84. The fourth-order valence-corrected chi connectivity index (χ4v) is 2.31. The van der Waals surface area contributed by atoms with Crippen molar-refractivity contribution in [2.45, 2.75) is 32.7 Å². The third kappa shape index (κ3) is 2.82. The van der Waals surface area contributed by atoms with Crippen LogP contribution in [0.4, 0.5) is 0 Å². The van der Waals surface area contributed by atoms with Crippen molar-refractivity contribution in [1.82, 2.24) is 4.57 Å². The number of rotatable bonds is 6. The summed E-state index contributed by atoms with van der Waals surface area (Å²) in [7, 11) is 0. The molecule has 2 nitrogen and oxygen atoms in total. The molecule has 1 aromatic heterocycles. The van der Waals surface area contributed by atoms with E-state index in [1.54, 1.807) is 0 Å². The first-order chi connectivity index (χ1) is 8.72. The topological polar surface area (TPSA) is 30.9 Å². The monoisotopic (exact) mass is 242 g/mol. The fourth-order valence-electron chi connectivity index (χ4n) is 2.31. The molecule has 0 amide bonds. The number of para-hydroxylation sites is 1. The van der Waals surface area contributed by atoms with Gasteiger partial charge in [-0.25, -0.2) is 0 Å². The van der Waals surface area contributed by atoms with Crippen LogP contribution in [0.2, 0.25) is 0 Å². The second-order valence-corrected chi connectivity index (χ2v) is 4.96. The van der Waals surface area contributed by atoms with Gasteiger partial charge >= 0.3 is 0 Å². The van der Waals surface area contributed by atoms with E-state index in [1.165, 1.54) is 22.0 Å². The highest BCUT2D eigenvalue weighted by Gasteiger charge is 2.07. The van der Waals surface area contributed by atoms with E-state index in [2.05, 4.69) is 48.5 Å². The Morgan fingerprint density at radius 2 is 2.11 bits per heavy atom. The molecule has 0 aliphatic heterocycles.